The molecule has 3 heterocycles. The average molecular weight is 717 g/mol. The molecule has 1 saturated heterocycles. The minimum atomic E-state index is -4.32. The number of allylic oxidation sites excluding steroid dienone is 6. The maximum atomic E-state index is 14.3. The minimum absolute atomic E-state index is 0.0838. The van der Waals surface area contributed by atoms with Gasteiger partial charge in [0.05, 0.1) is 5.52 Å². The monoisotopic (exact) mass is 716 g/mol. The molecule has 1 amide bonds. The summed E-state index contributed by atoms with van der Waals surface area (Å²) in [6.45, 7) is 0.824. The SMILES string of the molecule is O=C(CC1CC(CC(F)(F)F)CC2=C1CCc1c2ccc2c(C3=CC=CC=CN3)ccc(Cl)c12)N1CCC(n2c(=O)[nH]c3c(F)cccc32)CC1. The predicted molar refractivity (Wildman–Crippen MR) is 192 cm³/mol. The van der Waals surface area contributed by atoms with Gasteiger partial charge in [-0.3, -0.25) is 9.36 Å². The highest BCUT2D eigenvalue weighted by molar-refractivity contribution is 6.36. The molecule has 0 saturated carbocycles. The van der Waals surface area contributed by atoms with Crippen LogP contribution in [0, 0.1) is 17.7 Å². The van der Waals surface area contributed by atoms with Gasteiger partial charge in [0.15, 0.2) is 0 Å². The highest BCUT2D eigenvalue weighted by atomic mass is 35.5. The fourth-order valence-corrected chi connectivity index (χ4v) is 9.23. The molecule has 0 radical (unpaired) electrons. The molecule has 51 heavy (non-hydrogen) atoms. The van der Waals surface area contributed by atoms with Crippen LogP contribution in [0.1, 0.15) is 67.7 Å². The third kappa shape index (κ3) is 6.32. The summed E-state index contributed by atoms with van der Waals surface area (Å²) in [5, 5.41) is 5.83. The average Bonchev–Trinajstić information content (AvgIpc) is 3.24. The summed E-state index contributed by atoms with van der Waals surface area (Å²) in [6.07, 6.45) is 7.61. The number of rotatable bonds is 5. The zero-order chi connectivity index (χ0) is 35.4. The Morgan fingerprint density at radius 3 is 2.59 bits per heavy atom. The molecule has 2 N–H and O–H groups in total. The van der Waals surface area contributed by atoms with E-state index in [1.165, 1.54) is 6.07 Å². The molecule has 11 heteroatoms. The summed E-state index contributed by atoms with van der Waals surface area (Å²) in [5.41, 5.74) is 6.20. The van der Waals surface area contributed by atoms with Crippen LogP contribution in [-0.2, 0) is 11.2 Å². The molecule has 2 atom stereocenters. The second kappa shape index (κ2) is 13.2. The van der Waals surface area contributed by atoms with E-state index in [-0.39, 0.29) is 35.5 Å². The minimum Gasteiger partial charge on any atom is -0.361 e. The number of fused-ring (bicyclic) bond motifs is 5. The number of benzene rings is 3. The lowest BCUT2D eigenvalue weighted by Crippen LogP contribution is -2.41. The van der Waals surface area contributed by atoms with Gasteiger partial charge in [-0.15, -0.1) is 0 Å². The van der Waals surface area contributed by atoms with Crippen LogP contribution in [0.2, 0.25) is 5.02 Å². The number of alkyl halides is 3. The Labute approximate surface area is 297 Å². The van der Waals surface area contributed by atoms with Crippen molar-refractivity contribution in [2.45, 2.75) is 63.6 Å². The third-order valence-corrected chi connectivity index (χ3v) is 11.4. The van der Waals surface area contributed by atoms with Gasteiger partial charge in [-0.2, -0.15) is 13.2 Å². The van der Waals surface area contributed by atoms with E-state index in [4.69, 9.17) is 11.6 Å². The van der Waals surface area contributed by atoms with E-state index >= 15 is 0 Å². The number of imidazole rings is 1. The number of nitrogens with zero attached hydrogens (tertiary/aromatic N) is 2. The summed E-state index contributed by atoms with van der Waals surface area (Å²) in [5.74, 6) is -1.51. The number of piperidine rings is 1. The molecular formula is C40H37ClF4N4O2. The lowest BCUT2D eigenvalue weighted by Gasteiger charge is -2.39. The lowest BCUT2D eigenvalue weighted by molar-refractivity contribution is -0.145. The number of halogens is 5. The number of para-hydroxylation sites is 1. The maximum absolute atomic E-state index is 14.3. The van der Waals surface area contributed by atoms with Crippen LogP contribution < -0.4 is 11.0 Å². The number of aromatic amines is 1. The number of H-pyrrole nitrogens is 1. The molecule has 1 aromatic heterocycles. The Morgan fingerprint density at radius 2 is 1.78 bits per heavy atom. The van der Waals surface area contributed by atoms with Crippen molar-refractivity contribution in [2.75, 3.05) is 13.1 Å². The van der Waals surface area contributed by atoms with E-state index in [2.05, 4.69) is 10.3 Å². The highest BCUT2D eigenvalue weighted by Gasteiger charge is 2.40. The first-order valence-electron chi connectivity index (χ1n) is 17.6. The molecule has 8 rings (SSSR count). The first kappa shape index (κ1) is 33.6. The molecule has 0 spiro atoms. The van der Waals surface area contributed by atoms with Crippen LogP contribution in [0.15, 0.2) is 83.3 Å². The van der Waals surface area contributed by atoms with E-state index in [9.17, 15) is 27.2 Å². The van der Waals surface area contributed by atoms with Gasteiger partial charge in [0, 0.05) is 59.8 Å². The van der Waals surface area contributed by atoms with Crippen molar-refractivity contribution < 1.29 is 22.4 Å². The Kier molecular flexibility index (Phi) is 8.69. The molecule has 3 aromatic carbocycles. The number of carbonyl (C=O) groups excluding carboxylic acids is 1. The number of aromatic nitrogens is 2. The number of aryl methyl sites for hydroxylation is 1. The summed E-state index contributed by atoms with van der Waals surface area (Å²) in [7, 11) is 0. The Bertz CT molecular complexity index is 2240. The molecule has 6 nitrogen and oxygen atoms in total. The van der Waals surface area contributed by atoms with E-state index in [0.29, 0.717) is 62.2 Å². The van der Waals surface area contributed by atoms with Crippen molar-refractivity contribution in [3.05, 3.63) is 117 Å². The number of likely N-dealkylation sites (tertiary alicyclic amines) is 1. The quantitative estimate of drug-likeness (QED) is 0.203. The zero-order valence-corrected chi connectivity index (χ0v) is 28.6. The van der Waals surface area contributed by atoms with Crippen LogP contribution in [0.25, 0.3) is 33.1 Å². The van der Waals surface area contributed by atoms with Crippen molar-refractivity contribution in [1.29, 1.82) is 0 Å². The lowest BCUT2D eigenvalue weighted by atomic mass is 9.67. The van der Waals surface area contributed by atoms with Gasteiger partial charge in [0.25, 0.3) is 0 Å². The maximum Gasteiger partial charge on any atom is 0.389 e. The molecule has 2 aliphatic heterocycles. The molecule has 264 valence electrons. The molecular weight excluding hydrogens is 680 g/mol. The Balaban J connectivity index is 1.07. The molecule has 1 fully saturated rings. The van der Waals surface area contributed by atoms with Crippen molar-refractivity contribution in [2.24, 2.45) is 11.8 Å². The number of nitrogens with one attached hydrogen (secondary N) is 2. The van der Waals surface area contributed by atoms with Crippen LogP contribution in [0.4, 0.5) is 17.6 Å². The second-order valence-electron chi connectivity index (χ2n) is 14.2. The van der Waals surface area contributed by atoms with Crippen molar-refractivity contribution >= 4 is 50.6 Å². The number of amides is 1. The Hall–Kier alpha value is -4.57. The van der Waals surface area contributed by atoms with Gasteiger partial charge in [-0.25, -0.2) is 9.18 Å². The normalized spacial score (nSPS) is 21.0. The summed E-state index contributed by atoms with van der Waals surface area (Å²) >= 11 is 6.88. The molecule has 2 unspecified atom stereocenters. The van der Waals surface area contributed by atoms with Crippen LogP contribution in [-0.4, -0.2) is 39.6 Å². The van der Waals surface area contributed by atoms with Crippen LogP contribution in [0.3, 0.4) is 0 Å². The first-order chi connectivity index (χ1) is 24.6. The predicted octanol–water partition coefficient (Wildman–Crippen LogP) is 9.22. The van der Waals surface area contributed by atoms with Gasteiger partial charge in [0.2, 0.25) is 5.91 Å². The van der Waals surface area contributed by atoms with Crippen LogP contribution >= 0.6 is 11.6 Å². The van der Waals surface area contributed by atoms with Gasteiger partial charge in [-0.1, -0.05) is 53.6 Å². The topological polar surface area (TPSA) is 70.1 Å². The zero-order valence-electron chi connectivity index (χ0n) is 27.8. The van der Waals surface area contributed by atoms with Crippen molar-refractivity contribution in [1.82, 2.24) is 19.8 Å². The second-order valence-corrected chi connectivity index (χ2v) is 14.6. The van der Waals surface area contributed by atoms with Crippen molar-refractivity contribution in [3.8, 4) is 0 Å². The number of hydrogen-bond acceptors (Lipinski definition) is 3. The van der Waals surface area contributed by atoms with E-state index in [0.717, 1.165) is 44.3 Å². The van der Waals surface area contributed by atoms with Gasteiger partial charge in [0.1, 0.15) is 11.3 Å². The van der Waals surface area contributed by atoms with Crippen molar-refractivity contribution in [3.63, 3.8) is 0 Å². The largest absolute Gasteiger partial charge is 0.389 e. The van der Waals surface area contributed by atoms with Gasteiger partial charge in [-0.05, 0) is 103 Å². The van der Waals surface area contributed by atoms with Gasteiger partial charge < -0.3 is 15.2 Å². The third-order valence-electron chi connectivity index (χ3n) is 11.1. The summed E-state index contributed by atoms with van der Waals surface area (Å²) < 4.78 is 57.5. The molecule has 4 aliphatic rings. The summed E-state index contributed by atoms with van der Waals surface area (Å²) in [6, 6.07) is 12.3. The molecule has 0 bridgehead atoms. The van der Waals surface area contributed by atoms with Gasteiger partial charge >= 0.3 is 11.9 Å². The number of carbonyl (C=O) groups is 1. The van der Waals surface area contributed by atoms with Crippen LogP contribution in [0.5, 0.6) is 0 Å². The standard InChI is InChI=1S/C40H37ClF4N4O2/c41-32-13-12-28(34-6-2-1-3-16-46-34)30-11-9-27-29(37(30)32)10-8-26-24(19-23(20-31(26)27)22-40(43,44)45)21-36(50)48-17-14-25(15-18-48)49-35-7-4-5-33(42)38(35)47-39(49)51/h1-7,9,11-13,16,23-25,46H,8,10,14-15,17-22H2,(H,47,51). The fraction of sp³-hybridized carbons (Fsp3) is 0.350. The highest BCUT2D eigenvalue weighted by Crippen LogP contribution is 2.51. The van der Waals surface area contributed by atoms with E-state index in [1.54, 1.807) is 21.6 Å². The first-order valence-corrected chi connectivity index (χ1v) is 17.9. The summed E-state index contributed by atoms with van der Waals surface area (Å²) in [4.78, 5) is 31.0. The molecule has 4 aromatic rings. The smallest absolute Gasteiger partial charge is 0.361 e. The fourth-order valence-electron chi connectivity index (χ4n) is 8.95. The van der Waals surface area contributed by atoms with E-state index in [1.807, 2.05) is 54.8 Å². The molecule has 2 aliphatic carbocycles. The van der Waals surface area contributed by atoms with E-state index < -0.39 is 24.3 Å². The Morgan fingerprint density at radius 1 is 0.980 bits per heavy atom. The number of hydrogen-bond donors (Lipinski definition) is 2.